The Morgan fingerprint density at radius 2 is 2.12 bits per heavy atom. The molecule has 0 aliphatic carbocycles. The van der Waals surface area contributed by atoms with Crippen molar-refractivity contribution in [3.63, 3.8) is 0 Å². The number of benzene rings is 1. The molecular weight excluding hydrogens is 208 g/mol. The number of tetrazole rings is 1. The van der Waals surface area contributed by atoms with E-state index in [-0.39, 0.29) is 12.5 Å². The van der Waals surface area contributed by atoms with Gasteiger partial charge in [-0.3, -0.25) is 4.79 Å². The van der Waals surface area contributed by atoms with Crippen LogP contribution >= 0.6 is 0 Å². The van der Waals surface area contributed by atoms with Gasteiger partial charge >= 0.3 is 0 Å². The number of anilines is 1. The molecule has 2 aromatic rings. The smallest absolute Gasteiger partial charge is 0.251 e. The van der Waals surface area contributed by atoms with Gasteiger partial charge in [-0.2, -0.15) is 5.21 Å². The molecule has 1 heterocycles. The van der Waals surface area contributed by atoms with Crippen LogP contribution in [0.4, 0.5) is 5.69 Å². The molecule has 7 nitrogen and oxygen atoms in total. The fourth-order valence-electron chi connectivity index (χ4n) is 1.15. The molecule has 4 N–H and O–H groups in total. The quantitative estimate of drug-likeness (QED) is 0.613. The summed E-state index contributed by atoms with van der Waals surface area (Å²) in [7, 11) is 0. The summed E-state index contributed by atoms with van der Waals surface area (Å²) in [6, 6.07) is 6.65. The molecule has 1 amide bonds. The first kappa shape index (κ1) is 10.1. The van der Waals surface area contributed by atoms with E-state index in [9.17, 15) is 4.79 Å². The van der Waals surface area contributed by atoms with Crippen LogP contribution in [0.3, 0.4) is 0 Å². The van der Waals surface area contributed by atoms with E-state index >= 15 is 0 Å². The molecule has 0 bridgehead atoms. The molecule has 0 saturated heterocycles. The Morgan fingerprint density at radius 1 is 1.38 bits per heavy atom. The number of H-pyrrole nitrogens is 1. The highest BCUT2D eigenvalue weighted by atomic mass is 16.1. The Balaban J connectivity index is 1.95. The van der Waals surface area contributed by atoms with Crippen molar-refractivity contribution in [2.45, 2.75) is 6.54 Å². The summed E-state index contributed by atoms with van der Waals surface area (Å²) in [6.45, 7) is 0.236. The Labute approximate surface area is 91.0 Å². The van der Waals surface area contributed by atoms with E-state index < -0.39 is 0 Å². The minimum absolute atomic E-state index is 0.204. The third-order valence-electron chi connectivity index (χ3n) is 1.97. The van der Waals surface area contributed by atoms with Crippen molar-refractivity contribution in [3.05, 3.63) is 35.7 Å². The summed E-state index contributed by atoms with van der Waals surface area (Å²) in [5, 5.41) is 15.8. The van der Waals surface area contributed by atoms with E-state index in [1.54, 1.807) is 24.3 Å². The lowest BCUT2D eigenvalue weighted by atomic mass is 10.2. The van der Waals surface area contributed by atoms with Crippen molar-refractivity contribution < 1.29 is 4.79 Å². The number of nitrogen functional groups attached to an aromatic ring is 1. The molecule has 0 saturated carbocycles. The maximum absolute atomic E-state index is 11.6. The lowest BCUT2D eigenvalue weighted by molar-refractivity contribution is 0.0950. The maximum atomic E-state index is 11.6. The number of carbonyl (C=O) groups is 1. The van der Waals surface area contributed by atoms with Gasteiger partial charge in [0.15, 0.2) is 5.82 Å². The molecule has 2 rings (SSSR count). The first-order chi connectivity index (χ1) is 7.75. The highest BCUT2D eigenvalue weighted by Gasteiger charge is 2.05. The van der Waals surface area contributed by atoms with Gasteiger partial charge in [-0.05, 0) is 24.3 Å². The van der Waals surface area contributed by atoms with Gasteiger partial charge in [-0.15, -0.1) is 10.2 Å². The van der Waals surface area contributed by atoms with Crippen molar-refractivity contribution in [1.82, 2.24) is 25.9 Å². The van der Waals surface area contributed by atoms with Crippen molar-refractivity contribution in [1.29, 1.82) is 0 Å². The Bertz CT molecular complexity index is 463. The second-order valence-corrected chi connectivity index (χ2v) is 3.13. The molecule has 1 aromatic heterocycles. The van der Waals surface area contributed by atoms with Gasteiger partial charge in [0.1, 0.15) is 0 Å². The molecule has 16 heavy (non-hydrogen) atoms. The first-order valence-corrected chi connectivity index (χ1v) is 4.62. The Kier molecular flexibility index (Phi) is 2.77. The Morgan fingerprint density at radius 3 is 2.75 bits per heavy atom. The molecule has 0 atom stereocenters. The van der Waals surface area contributed by atoms with E-state index in [0.717, 1.165) is 0 Å². The maximum Gasteiger partial charge on any atom is 0.251 e. The molecule has 7 heteroatoms. The number of hydrogen-bond donors (Lipinski definition) is 3. The van der Waals surface area contributed by atoms with Crippen LogP contribution in [0.2, 0.25) is 0 Å². The number of nitrogens with two attached hydrogens (primary N) is 1. The van der Waals surface area contributed by atoms with E-state index in [4.69, 9.17) is 5.73 Å². The monoisotopic (exact) mass is 218 g/mol. The SMILES string of the molecule is Nc1ccc(C(=O)NCc2nn[nH]n2)cc1. The predicted octanol–water partition coefficient (Wildman–Crippen LogP) is -0.288. The summed E-state index contributed by atoms with van der Waals surface area (Å²) in [5.74, 6) is 0.230. The van der Waals surface area contributed by atoms with E-state index in [0.29, 0.717) is 17.1 Å². The van der Waals surface area contributed by atoms with Crippen LogP contribution in [0.1, 0.15) is 16.2 Å². The fraction of sp³-hybridized carbons (Fsp3) is 0.111. The molecule has 0 fully saturated rings. The van der Waals surface area contributed by atoms with Gasteiger partial charge in [0.2, 0.25) is 0 Å². The Hall–Kier alpha value is -2.44. The molecule has 1 aromatic carbocycles. The van der Waals surface area contributed by atoms with Crippen LogP contribution in [0.15, 0.2) is 24.3 Å². The average molecular weight is 218 g/mol. The largest absolute Gasteiger partial charge is 0.399 e. The zero-order chi connectivity index (χ0) is 11.4. The van der Waals surface area contributed by atoms with Gasteiger partial charge in [0.05, 0.1) is 6.54 Å². The number of nitrogens with zero attached hydrogens (tertiary/aromatic N) is 3. The second-order valence-electron chi connectivity index (χ2n) is 3.13. The van der Waals surface area contributed by atoms with Crippen LogP contribution in [0, 0.1) is 0 Å². The molecule has 0 aliphatic rings. The average Bonchev–Trinajstić information content (AvgIpc) is 2.80. The van der Waals surface area contributed by atoms with E-state index in [1.807, 2.05) is 0 Å². The van der Waals surface area contributed by atoms with Gasteiger partial charge in [-0.1, -0.05) is 5.21 Å². The van der Waals surface area contributed by atoms with E-state index in [1.165, 1.54) is 0 Å². The predicted molar refractivity (Wildman–Crippen MR) is 56.2 cm³/mol. The number of amides is 1. The van der Waals surface area contributed by atoms with Crippen LogP contribution in [-0.2, 0) is 6.54 Å². The lowest BCUT2D eigenvalue weighted by Crippen LogP contribution is -2.23. The highest BCUT2D eigenvalue weighted by molar-refractivity contribution is 5.94. The third kappa shape index (κ3) is 2.32. The molecule has 0 aliphatic heterocycles. The van der Waals surface area contributed by atoms with Crippen molar-refractivity contribution in [2.24, 2.45) is 0 Å². The van der Waals surface area contributed by atoms with Crippen molar-refractivity contribution in [3.8, 4) is 0 Å². The van der Waals surface area contributed by atoms with Gasteiger partial charge in [-0.25, -0.2) is 0 Å². The normalized spacial score (nSPS) is 10.0. The standard InChI is InChI=1S/C9H10N6O/c10-7-3-1-6(2-4-7)9(16)11-5-8-12-14-15-13-8/h1-4H,5,10H2,(H,11,16)(H,12,13,14,15). The van der Waals surface area contributed by atoms with Crippen LogP contribution < -0.4 is 11.1 Å². The van der Waals surface area contributed by atoms with Gasteiger partial charge in [0.25, 0.3) is 5.91 Å². The summed E-state index contributed by atoms with van der Waals surface area (Å²) in [5.41, 5.74) is 6.67. The first-order valence-electron chi connectivity index (χ1n) is 4.62. The topological polar surface area (TPSA) is 110 Å². The fourth-order valence-corrected chi connectivity index (χ4v) is 1.15. The number of nitrogens with one attached hydrogen (secondary N) is 2. The van der Waals surface area contributed by atoms with E-state index in [2.05, 4.69) is 25.9 Å². The number of aromatic amines is 1. The summed E-state index contributed by atoms with van der Waals surface area (Å²) < 4.78 is 0. The minimum Gasteiger partial charge on any atom is -0.399 e. The van der Waals surface area contributed by atoms with Crippen molar-refractivity contribution >= 4 is 11.6 Å². The number of aromatic nitrogens is 4. The van der Waals surface area contributed by atoms with Crippen molar-refractivity contribution in [2.75, 3.05) is 5.73 Å². The van der Waals surface area contributed by atoms with Gasteiger partial charge in [0, 0.05) is 11.3 Å². The summed E-state index contributed by atoms with van der Waals surface area (Å²) in [6.07, 6.45) is 0. The minimum atomic E-state index is -0.204. The molecule has 0 spiro atoms. The number of rotatable bonds is 3. The number of carbonyl (C=O) groups excluding carboxylic acids is 1. The van der Waals surface area contributed by atoms with Crippen LogP contribution in [0.25, 0.3) is 0 Å². The number of hydrogen-bond acceptors (Lipinski definition) is 5. The zero-order valence-electron chi connectivity index (χ0n) is 8.34. The molecule has 0 radical (unpaired) electrons. The second kappa shape index (κ2) is 4.39. The lowest BCUT2D eigenvalue weighted by Gasteiger charge is -2.02. The molecule has 82 valence electrons. The molecular formula is C9H10N6O. The summed E-state index contributed by atoms with van der Waals surface area (Å²) >= 11 is 0. The third-order valence-corrected chi connectivity index (χ3v) is 1.97. The molecule has 0 unspecified atom stereocenters. The highest BCUT2D eigenvalue weighted by Crippen LogP contribution is 2.05. The van der Waals surface area contributed by atoms with Crippen LogP contribution in [-0.4, -0.2) is 26.5 Å². The zero-order valence-corrected chi connectivity index (χ0v) is 8.34. The van der Waals surface area contributed by atoms with Gasteiger partial charge < -0.3 is 11.1 Å². The van der Waals surface area contributed by atoms with Crippen LogP contribution in [0.5, 0.6) is 0 Å². The summed E-state index contributed by atoms with van der Waals surface area (Å²) in [4.78, 5) is 11.6.